The average Bonchev–Trinajstić information content (AvgIpc) is 2.34. The van der Waals surface area contributed by atoms with Gasteiger partial charge in [0.1, 0.15) is 18.1 Å². The molecule has 0 aliphatic rings. The van der Waals surface area contributed by atoms with Crippen molar-refractivity contribution in [3.05, 3.63) is 18.1 Å². The van der Waals surface area contributed by atoms with Crippen LogP contribution in [0, 0.1) is 5.41 Å². The van der Waals surface area contributed by atoms with E-state index in [1.165, 1.54) is 12.4 Å². The zero-order valence-corrected chi connectivity index (χ0v) is 9.98. The number of nitrogen functional groups attached to an aromatic ring is 1. The fraction of sp³-hybridized carbons (Fsp3) is 0.545. The summed E-state index contributed by atoms with van der Waals surface area (Å²) in [5.74, 6) is 0.307. The summed E-state index contributed by atoms with van der Waals surface area (Å²) >= 11 is 0. The Morgan fingerprint density at radius 1 is 1.29 bits per heavy atom. The molecule has 0 aromatic carbocycles. The molecule has 0 aliphatic heterocycles. The van der Waals surface area contributed by atoms with E-state index in [4.69, 9.17) is 20.6 Å². The molecule has 1 heterocycles. The zero-order chi connectivity index (χ0) is 12.5. The van der Waals surface area contributed by atoms with Crippen molar-refractivity contribution < 1.29 is 9.47 Å². The van der Waals surface area contributed by atoms with Gasteiger partial charge in [0, 0.05) is 6.61 Å². The van der Waals surface area contributed by atoms with Crippen LogP contribution in [0.5, 0.6) is 5.88 Å². The topological polar surface area (TPSA) is 94.1 Å². The highest BCUT2D eigenvalue weighted by molar-refractivity contribution is 5.92. The van der Waals surface area contributed by atoms with Gasteiger partial charge in [-0.05, 0) is 6.42 Å². The second-order valence-corrected chi connectivity index (χ2v) is 3.47. The molecule has 0 spiro atoms. The predicted octanol–water partition coefficient (Wildman–Crippen LogP) is 0.956. The van der Waals surface area contributed by atoms with Crippen LogP contribution < -0.4 is 10.5 Å². The van der Waals surface area contributed by atoms with Gasteiger partial charge >= 0.3 is 0 Å². The highest BCUT2D eigenvalue weighted by Crippen LogP contribution is 2.03. The lowest BCUT2D eigenvalue weighted by Gasteiger charge is -2.06. The van der Waals surface area contributed by atoms with Crippen LogP contribution in [0.1, 0.15) is 25.5 Å². The Labute approximate surface area is 101 Å². The molecule has 1 aromatic heterocycles. The molecule has 0 fully saturated rings. The van der Waals surface area contributed by atoms with Gasteiger partial charge in [-0.3, -0.25) is 5.41 Å². The Hall–Kier alpha value is -1.69. The maximum Gasteiger partial charge on any atom is 0.232 e. The molecule has 3 N–H and O–H groups in total. The van der Waals surface area contributed by atoms with E-state index >= 15 is 0 Å². The standard InChI is InChI=1S/C11H18N4O2/c1-2-3-4-16-5-6-17-10-8-14-9(7-15-10)11(12)13/h7-8H,2-6H2,1H3,(H3,12,13). The van der Waals surface area contributed by atoms with Crippen LogP contribution in [0.3, 0.4) is 0 Å². The van der Waals surface area contributed by atoms with E-state index in [1.807, 2.05) is 0 Å². The summed E-state index contributed by atoms with van der Waals surface area (Å²) in [6.45, 7) is 3.86. The number of ether oxygens (including phenoxy) is 2. The number of nitrogens with two attached hydrogens (primary N) is 1. The normalized spacial score (nSPS) is 10.2. The van der Waals surface area contributed by atoms with Crippen molar-refractivity contribution in [3.8, 4) is 5.88 Å². The summed E-state index contributed by atoms with van der Waals surface area (Å²) in [5.41, 5.74) is 5.60. The smallest absolute Gasteiger partial charge is 0.232 e. The van der Waals surface area contributed by atoms with Crippen LogP contribution >= 0.6 is 0 Å². The van der Waals surface area contributed by atoms with Gasteiger partial charge in [0.15, 0.2) is 0 Å². The molecule has 0 bridgehead atoms. The fourth-order valence-electron chi connectivity index (χ4n) is 1.08. The van der Waals surface area contributed by atoms with Gasteiger partial charge in [-0.25, -0.2) is 9.97 Å². The van der Waals surface area contributed by atoms with Crippen LogP contribution in [-0.2, 0) is 4.74 Å². The molecule has 0 atom stereocenters. The molecule has 6 heteroatoms. The first-order chi connectivity index (χ1) is 8.24. The maximum atomic E-state index is 7.15. The van der Waals surface area contributed by atoms with E-state index in [2.05, 4.69) is 16.9 Å². The number of amidine groups is 1. The first-order valence-electron chi connectivity index (χ1n) is 5.61. The lowest BCUT2D eigenvalue weighted by molar-refractivity contribution is 0.0964. The SMILES string of the molecule is CCCCOCCOc1cnc(C(=N)N)cn1. The number of aromatic nitrogens is 2. The van der Waals surface area contributed by atoms with Gasteiger partial charge in [0.2, 0.25) is 5.88 Å². The summed E-state index contributed by atoms with van der Waals surface area (Å²) in [5, 5.41) is 7.15. The van der Waals surface area contributed by atoms with Crippen LogP contribution in [0.25, 0.3) is 0 Å². The van der Waals surface area contributed by atoms with Crippen molar-refractivity contribution in [1.29, 1.82) is 5.41 Å². The van der Waals surface area contributed by atoms with E-state index in [-0.39, 0.29) is 5.84 Å². The van der Waals surface area contributed by atoms with Crippen molar-refractivity contribution in [1.82, 2.24) is 9.97 Å². The number of hydrogen-bond acceptors (Lipinski definition) is 5. The second kappa shape index (κ2) is 7.56. The van der Waals surface area contributed by atoms with Gasteiger partial charge < -0.3 is 15.2 Å². The van der Waals surface area contributed by atoms with E-state index in [9.17, 15) is 0 Å². The third-order valence-corrected chi connectivity index (χ3v) is 2.02. The molecule has 94 valence electrons. The number of nitrogens with zero attached hydrogens (tertiary/aromatic N) is 2. The molecule has 1 aromatic rings. The Morgan fingerprint density at radius 3 is 2.71 bits per heavy atom. The summed E-state index contributed by atoms with van der Waals surface area (Å²) < 4.78 is 10.6. The third-order valence-electron chi connectivity index (χ3n) is 2.02. The highest BCUT2D eigenvalue weighted by Gasteiger charge is 2.00. The Balaban J connectivity index is 2.21. The van der Waals surface area contributed by atoms with Gasteiger partial charge in [0.05, 0.1) is 19.0 Å². The molecule has 17 heavy (non-hydrogen) atoms. The lowest BCUT2D eigenvalue weighted by Crippen LogP contribution is -2.14. The van der Waals surface area contributed by atoms with Gasteiger partial charge in [-0.1, -0.05) is 13.3 Å². The van der Waals surface area contributed by atoms with E-state index < -0.39 is 0 Å². The molecule has 1 rings (SSSR count). The second-order valence-electron chi connectivity index (χ2n) is 3.47. The van der Waals surface area contributed by atoms with Crippen LogP contribution in [-0.4, -0.2) is 35.6 Å². The predicted molar refractivity (Wildman–Crippen MR) is 64.3 cm³/mol. The minimum atomic E-state index is -0.105. The van der Waals surface area contributed by atoms with Gasteiger partial charge in [-0.15, -0.1) is 0 Å². The highest BCUT2D eigenvalue weighted by atomic mass is 16.5. The Bertz CT molecular complexity index is 340. The van der Waals surface area contributed by atoms with Crippen molar-refractivity contribution in [2.24, 2.45) is 5.73 Å². The van der Waals surface area contributed by atoms with E-state index in [0.717, 1.165) is 19.4 Å². The monoisotopic (exact) mass is 238 g/mol. The molecule has 0 saturated carbocycles. The Kier molecular flexibility index (Phi) is 5.95. The summed E-state index contributed by atoms with van der Waals surface area (Å²) in [6.07, 6.45) is 5.05. The van der Waals surface area contributed by atoms with E-state index in [1.54, 1.807) is 0 Å². The number of hydrogen-bond donors (Lipinski definition) is 2. The lowest BCUT2D eigenvalue weighted by atomic mass is 10.4. The molecule has 0 aliphatic carbocycles. The minimum absolute atomic E-state index is 0.105. The molecular formula is C11H18N4O2. The van der Waals surface area contributed by atoms with Crippen molar-refractivity contribution in [2.75, 3.05) is 19.8 Å². The number of unbranched alkanes of at least 4 members (excludes halogenated alkanes) is 1. The first kappa shape index (κ1) is 13.4. The van der Waals surface area contributed by atoms with Crippen LogP contribution in [0.2, 0.25) is 0 Å². The molecule has 0 unspecified atom stereocenters. The first-order valence-corrected chi connectivity index (χ1v) is 5.61. The summed E-state index contributed by atoms with van der Waals surface area (Å²) in [6, 6.07) is 0. The Morgan fingerprint density at radius 2 is 2.12 bits per heavy atom. The number of rotatable bonds is 8. The minimum Gasteiger partial charge on any atom is -0.474 e. The maximum absolute atomic E-state index is 7.15. The quantitative estimate of drug-likeness (QED) is 0.399. The van der Waals surface area contributed by atoms with Crippen molar-refractivity contribution in [2.45, 2.75) is 19.8 Å². The largest absolute Gasteiger partial charge is 0.474 e. The van der Waals surface area contributed by atoms with Crippen LogP contribution in [0.4, 0.5) is 0 Å². The third kappa shape index (κ3) is 5.26. The van der Waals surface area contributed by atoms with Gasteiger partial charge in [0.25, 0.3) is 0 Å². The van der Waals surface area contributed by atoms with Crippen molar-refractivity contribution in [3.63, 3.8) is 0 Å². The van der Waals surface area contributed by atoms with Crippen molar-refractivity contribution >= 4 is 5.84 Å². The summed E-state index contributed by atoms with van der Waals surface area (Å²) in [7, 11) is 0. The molecule has 0 radical (unpaired) electrons. The molecule has 6 nitrogen and oxygen atoms in total. The van der Waals surface area contributed by atoms with E-state index in [0.29, 0.717) is 24.8 Å². The molecular weight excluding hydrogens is 220 g/mol. The molecule has 0 amide bonds. The number of nitrogens with one attached hydrogen (secondary N) is 1. The molecule has 0 saturated heterocycles. The zero-order valence-electron chi connectivity index (χ0n) is 9.98. The average molecular weight is 238 g/mol. The van der Waals surface area contributed by atoms with Gasteiger partial charge in [-0.2, -0.15) is 0 Å². The van der Waals surface area contributed by atoms with Crippen LogP contribution in [0.15, 0.2) is 12.4 Å². The summed E-state index contributed by atoms with van der Waals surface area (Å²) in [4.78, 5) is 7.90. The fourth-order valence-corrected chi connectivity index (χ4v) is 1.08.